The number of pyridine rings is 1. The van der Waals surface area contributed by atoms with Crippen LogP contribution in [-0.4, -0.2) is 53.7 Å². The number of guanidine groups is 1. The Morgan fingerprint density at radius 1 is 1.22 bits per heavy atom. The molecular weight excluding hydrogens is 296 g/mol. The average molecular weight is 320 g/mol. The molecule has 8 heteroatoms. The fraction of sp³-hybridized carbons (Fsp3) is 0.533. The van der Waals surface area contributed by atoms with Gasteiger partial charge in [0, 0.05) is 26.2 Å². The van der Waals surface area contributed by atoms with Crippen LogP contribution in [0.3, 0.4) is 0 Å². The van der Waals surface area contributed by atoms with Crippen LogP contribution in [0.1, 0.15) is 20.8 Å². The smallest absolute Gasteiger partial charge is 0.410 e. The van der Waals surface area contributed by atoms with Crippen LogP contribution in [0.15, 0.2) is 23.3 Å². The number of rotatable bonds is 2. The molecule has 1 aliphatic heterocycles. The van der Waals surface area contributed by atoms with E-state index in [2.05, 4.69) is 14.9 Å². The molecule has 0 aliphatic carbocycles. The Bertz CT molecular complexity index is 567. The van der Waals surface area contributed by atoms with E-state index in [1.54, 1.807) is 17.2 Å². The number of carbonyl (C=O) groups is 1. The molecule has 0 unspecified atom stereocenters. The fourth-order valence-electron chi connectivity index (χ4n) is 2.24. The summed E-state index contributed by atoms with van der Waals surface area (Å²) in [5, 5.41) is 0. The van der Waals surface area contributed by atoms with Crippen LogP contribution < -0.4 is 16.4 Å². The maximum absolute atomic E-state index is 12.0. The molecule has 1 aromatic heterocycles. The van der Waals surface area contributed by atoms with E-state index in [-0.39, 0.29) is 12.1 Å². The van der Waals surface area contributed by atoms with Crippen molar-refractivity contribution < 1.29 is 9.53 Å². The standard InChI is InChI=1S/C15H24N6O2/c1-15(2,3)23-14(22)21-8-6-20(7-9-21)11-4-5-12(18-10-11)19-13(16)17/h4-5,10H,6-9H2,1-3H3,(H4,16,17,18,19). The number of hydrogen-bond acceptors (Lipinski definition) is 5. The van der Waals surface area contributed by atoms with E-state index >= 15 is 0 Å². The Balaban J connectivity index is 1.91. The van der Waals surface area contributed by atoms with Gasteiger partial charge < -0.3 is 26.0 Å². The molecule has 1 amide bonds. The summed E-state index contributed by atoms with van der Waals surface area (Å²) >= 11 is 0. The predicted molar refractivity (Wildman–Crippen MR) is 89.7 cm³/mol. The number of piperazine rings is 1. The second-order valence-electron chi connectivity index (χ2n) is 6.37. The number of nitrogens with two attached hydrogens (primary N) is 2. The largest absolute Gasteiger partial charge is 0.444 e. The molecule has 1 aromatic rings. The van der Waals surface area contributed by atoms with Gasteiger partial charge in [0.1, 0.15) is 5.60 Å². The Labute approximate surface area is 136 Å². The van der Waals surface area contributed by atoms with Crippen LogP contribution in [0.4, 0.5) is 16.3 Å². The summed E-state index contributed by atoms with van der Waals surface area (Å²) in [6.07, 6.45) is 1.46. The summed E-state index contributed by atoms with van der Waals surface area (Å²) in [6.45, 7) is 8.28. The summed E-state index contributed by atoms with van der Waals surface area (Å²) in [5.74, 6) is 0.456. The third-order valence-corrected chi connectivity index (χ3v) is 3.27. The number of nitrogens with zero attached hydrogens (tertiary/aromatic N) is 4. The Kier molecular flexibility index (Phi) is 4.92. The summed E-state index contributed by atoms with van der Waals surface area (Å²) in [7, 11) is 0. The first-order valence-electron chi connectivity index (χ1n) is 7.53. The molecule has 0 spiro atoms. The number of aromatic nitrogens is 1. The normalized spacial score (nSPS) is 15.3. The van der Waals surface area contributed by atoms with Crippen molar-refractivity contribution in [3.8, 4) is 0 Å². The number of hydrogen-bond donors (Lipinski definition) is 2. The van der Waals surface area contributed by atoms with Gasteiger partial charge in [0.25, 0.3) is 0 Å². The minimum Gasteiger partial charge on any atom is -0.444 e. The Hall–Kier alpha value is -2.51. The van der Waals surface area contributed by atoms with Gasteiger partial charge >= 0.3 is 6.09 Å². The second kappa shape index (κ2) is 6.72. The maximum atomic E-state index is 12.0. The molecule has 0 saturated carbocycles. The lowest BCUT2D eigenvalue weighted by Gasteiger charge is -2.36. The van der Waals surface area contributed by atoms with Crippen LogP contribution in [0.5, 0.6) is 0 Å². The molecule has 1 saturated heterocycles. The van der Waals surface area contributed by atoms with Gasteiger partial charge in [-0.3, -0.25) is 0 Å². The Morgan fingerprint density at radius 2 is 1.87 bits per heavy atom. The molecule has 1 aliphatic rings. The molecule has 4 N–H and O–H groups in total. The zero-order valence-corrected chi connectivity index (χ0v) is 13.8. The first kappa shape index (κ1) is 16.9. The van der Waals surface area contributed by atoms with Crippen molar-refractivity contribution in [1.29, 1.82) is 0 Å². The van der Waals surface area contributed by atoms with Crippen molar-refractivity contribution in [3.63, 3.8) is 0 Å². The van der Waals surface area contributed by atoms with E-state index in [1.165, 1.54) is 0 Å². The molecule has 0 bridgehead atoms. The predicted octanol–water partition coefficient (Wildman–Crippen LogP) is 1.04. The molecule has 0 aromatic carbocycles. The lowest BCUT2D eigenvalue weighted by Crippen LogP contribution is -2.50. The highest BCUT2D eigenvalue weighted by atomic mass is 16.6. The van der Waals surface area contributed by atoms with E-state index in [9.17, 15) is 4.79 Å². The number of ether oxygens (including phenoxy) is 1. The van der Waals surface area contributed by atoms with E-state index in [0.717, 1.165) is 18.8 Å². The third kappa shape index (κ3) is 5.01. The van der Waals surface area contributed by atoms with E-state index in [1.807, 2.05) is 26.8 Å². The summed E-state index contributed by atoms with van der Waals surface area (Å²) in [4.78, 5) is 24.0. The van der Waals surface area contributed by atoms with Crippen LogP contribution in [0.2, 0.25) is 0 Å². The molecule has 0 radical (unpaired) electrons. The van der Waals surface area contributed by atoms with Gasteiger partial charge in [-0.15, -0.1) is 0 Å². The van der Waals surface area contributed by atoms with E-state index in [0.29, 0.717) is 18.9 Å². The first-order chi connectivity index (χ1) is 10.7. The highest BCUT2D eigenvalue weighted by molar-refractivity contribution is 5.78. The topological polar surface area (TPSA) is 110 Å². The quantitative estimate of drug-likeness (QED) is 0.622. The van der Waals surface area contributed by atoms with Crippen molar-refractivity contribution in [3.05, 3.63) is 18.3 Å². The molecule has 126 valence electrons. The van der Waals surface area contributed by atoms with Gasteiger partial charge in [-0.2, -0.15) is 4.99 Å². The lowest BCUT2D eigenvalue weighted by atomic mass is 10.2. The minimum atomic E-state index is -0.473. The van der Waals surface area contributed by atoms with Crippen molar-refractivity contribution in [2.45, 2.75) is 26.4 Å². The zero-order valence-electron chi connectivity index (χ0n) is 13.8. The summed E-state index contributed by atoms with van der Waals surface area (Å²) < 4.78 is 5.39. The fourth-order valence-corrected chi connectivity index (χ4v) is 2.24. The molecule has 1 fully saturated rings. The molecule has 2 heterocycles. The van der Waals surface area contributed by atoms with Gasteiger partial charge in [0.2, 0.25) is 0 Å². The maximum Gasteiger partial charge on any atom is 0.410 e. The zero-order chi connectivity index (χ0) is 17.0. The molecule has 2 rings (SSSR count). The third-order valence-electron chi connectivity index (χ3n) is 3.27. The van der Waals surface area contributed by atoms with Gasteiger partial charge in [-0.25, -0.2) is 9.78 Å². The van der Waals surface area contributed by atoms with Crippen LogP contribution in [0.25, 0.3) is 0 Å². The number of anilines is 1. The number of aliphatic imine (C=N–C) groups is 1. The SMILES string of the molecule is CC(C)(C)OC(=O)N1CCN(c2ccc(N=C(N)N)nc2)CC1. The highest BCUT2D eigenvalue weighted by Crippen LogP contribution is 2.19. The van der Waals surface area contributed by atoms with Gasteiger partial charge in [0.05, 0.1) is 11.9 Å². The van der Waals surface area contributed by atoms with Gasteiger partial charge in [-0.1, -0.05) is 0 Å². The summed E-state index contributed by atoms with van der Waals surface area (Å²) in [6, 6.07) is 3.67. The van der Waals surface area contributed by atoms with Crippen LogP contribution in [0, 0.1) is 0 Å². The molecule has 8 nitrogen and oxygen atoms in total. The Morgan fingerprint density at radius 3 is 2.35 bits per heavy atom. The number of carbonyl (C=O) groups excluding carboxylic acids is 1. The first-order valence-corrected chi connectivity index (χ1v) is 7.53. The van der Waals surface area contributed by atoms with Crippen molar-refractivity contribution >= 4 is 23.6 Å². The lowest BCUT2D eigenvalue weighted by molar-refractivity contribution is 0.0240. The number of amides is 1. The second-order valence-corrected chi connectivity index (χ2v) is 6.37. The van der Waals surface area contributed by atoms with E-state index < -0.39 is 5.60 Å². The molecule has 23 heavy (non-hydrogen) atoms. The van der Waals surface area contributed by atoms with E-state index in [4.69, 9.17) is 16.2 Å². The molecular formula is C15H24N6O2. The van der Waals surface area contributed by atoms with Gasteiger partial charge in [0.15, 0.2) is 11.8 Å². The average Bonchev–Trinajstić information content (AvgIpc) is 2.46. The summed E-state index contributed by atoms with van der Waals surface area (Å²) in [5.41, 5.74) is 11.1. The highest BCUT2D eigenvalue weighted by Gasteiger charge is 2.25. The molecule has 0 atom stereocenters. The van der Waals surface area contributed by atoms with Crippen molar-refractivity contribution in [2.75, 3.05) is 31.1 Å². The van der Waals surface area contributed by atoms with Crippen LogP contribution in [-0.2, 0) is 4.74 Å². The van der Waals surface area contributed by atoms with Crippen molar-refractivity contribution in [2.24, 2.45) is 16.5 Å². The van der Waals surface area contributed by atoms with Crippen molar-refractivity contribution in [1.82, 2.24) is 9.88 Å². The van der Waals surface area contributed by atoms with Crippen LogP contribution >= 0.6 is 0 Å². The monoisotopic (exact) mass is 320 g/mol. The minimum absolute atomic E-state index is 0.0174. The van der Waals surface area contributed by atoms with Gasteiger partial charge in [-0.05, 0) is 32.9 Å².